The van der Waals surface area contributed by atoms with Crippen molar-refractivity contribution in [1.82, 2.24) is 15.0 Å². The molecule has 0 aliphatic carbocycles. The first-order valence-electron chi connectivity index (χ1n) is 10.1. The summed E-state index contributed by atoms with van der Waals surface area (Å²) in [4.78, 5) is 17.1. The second-order valence-electron chi connectivity index (χ2n) is 7.39. The van der Waals surface area contributed by atoms with Crippen molar-refractivity contribution in [2.45, 2.75) is 25.5 Å². The molecule has 0 radical (unpaired) electrons. The number of imidazole rings is 1. The highest BCUT2D eigenvalue weighted by Gasteiger charge is 2.13. The third kappa shape index (κ3) is 5.22. The van der Waals surface area contributed by atoms with Gasteiger partial charge in [-0.25, -0.2) is 10.4 Å². The number of fused-ring (bicyclic) bond motifs is 1. The summed E-state index contributed by atoms with van der Waals surface area (Å²) in [6.45, 7) is 4.80. The van der Waals surface area contributed by atoms with Crippen LogP contribution in [0.3, 0.4) is 0 Å². The molecule has 0 bridgehead atoms. The van der Waals surface area contributed by atoms with Gasteiger partial charge in [0.1, 0.15) is 0 Å². The van der Waals surface area contributed by atoms with E-state index in [2.05, 4.69) is 52.3 Å². The fraction of sp³-hybridized carbons (Fsp3) is 0.160. The lowest BCUT2D eigenvalue weighted by atomic mass is 10.1. The van der Waals surface area contributed by atoms with Crippen LogP contribution in [0.2, 0.25) is 0 Å². The van der Waals surface area contributed by atoms with Gasteiger partial charge in [0.2, 0.25) is 0 Å². The molecule has 1 heterocycles. The van der Waals surface area contributed by atoms with Crippen LogP contribution in [-0.4, -0.2) is 27.4 Å². The summed E-state index contributed by atoms with van der Waals surface area (Å²) in [5.41, 5.74) is 9.12. The molecule has 31 heavy (non-hydrogen) atoms. The lowest BCUT2D eigenvalue weighted by Gasteiger charge is -2.09. The van der Waals surface area contributed by atoms with Crippen molar-refractivity contribution >= 4 is 34.9 Å². The monoisotopic (exact) mass is 428 g/mol. The van der Waals surface area contributed by atoms with Crippen molar-refractivity contribution in [3.63, 3.8) is 0 Å². The minimum absolute atomic E-state index is 0.163. The van der Waals surface area contributed by atoms with E-state index in [-0.39, 0.29) is 11.7 Å². The highest BCUT2D eigenvalue weighted by molar-refractivity contribution is 7.99. The Morgan fingerprint density at radius 2 is 1.77 bits per heavy atom. The molecule has 0 aliphatic rings. The summed E-state index contributed by atoms with van der Waals surface area (Å²) in [5, 5.41) is 4.91. The lowest BCUT2D eigenvalue weighted by molar-refractivity contribution is -0.118. The Morgan fingerprint density at radius 3 is 2.58 bits per heavy atom. The maximum absolute atomic E-state index is 12.3. The number of hydrogen-bond acceptors (Lipinski definition) is 4. The third-order valence-electron chi connectivity index (χ3n) is 4.99. The summed E-state index contributed by atoms with van der Waals surface area (Å²) in [5.74, 6) is 0.0753. The zero-order chi connectivity index (χ0) is 21.6. The van der Waals surface area contributed by atoms with Gasteiger partial charge in [0.05, 0.1) is 29.5 Å². The number of thioether (sulfide) groups is 1. The van der Waals surface area contributed by atoms with E-state index in [0.29, 0.717) is 6.54 Å². The summed E-state index contributed by atoms with van der Waals surface area (Å²) in [6, 6.07) is 24.4. The molecule has 0 spiro atoms. The molecule has 0 saturated heterocycles. The molecule has 1 amide bonds. The molecular formula is C25H24N4OS. The van der Waals surface area contributed by atoms with E-state index in [1.54, 1.807) is 6.21 Å². The molecular weight excluding hydrogens is 404 g/mol. The summed E-state index contributed by atoms with van der Waals surface area (Å²) >= 11 is 1.42. The van der Waals surface area contributed by atoms with Crippen molar-refractivity contribution in [3.05, 3.63) is 95.1 Å². The first-order valence-corrected chi connectivity index (χ1v) is 11.1. The standard InChI is InChI=1S/C25H24N4OS/c1-18-11-13-20(14-12-18)16-29-23-10-6-5-9-22(23)27-25(29)31-17-24(30)28-26-15-21-8-4-3-7-19(21)2/h3-15H,16-17H2,1-2H3,(H,28,30). The van der Waals surface area contributed by atoms with Gasteiger partial charge in [-0.1, -0.05) is 78.0 Å². The Balaban J connectivity index is 1.46. The van der Waals surface area contributed by atoms with Gasteiger partial charge < -0.3 is 4.57 Å². The van der Waals surface area contributed by atoms with Crippen molar-refractivity contribution in [1.29, 1.82) is 0 Å². The molecule has 0 aliphatic heterocycles. The largest absolute Gasteiger partial charge is 0.314 e. The van der Waals surface area contributed by atoms with Crippen LogP contribution in [0.15, 0.2) is 83.1 Å². The summed E-state index contributed by atoms with van der Waals surface area (Å²) in [7, 11) is 0. The molecule has 0 atom stereocenters. The molecule has 3 aromatic carbocycles. The van der Waals surface area contributed by atoms with E-state index >= 15 is 0 Å². The van der Waals surface area contributed by atoms with Crippen LogP contribution in [-0.2, 0) is 11.3 Å². The van der Waals surface area contributed by atoms with Gasteiger partial charge in [-0.3, -0.25) is 4.79 Å². The topological polar surface area (TPSA) is 59.3 Å². The van der Waals surface area contributed by atoms with E-state index in [4.69, 9.17) is 4.98 Å². The average molecular weight is 429 g/mol. The molecule has 0 saturated carbocycles. The van der Waals surface area contributed by atoms with E-state index in [0.717, 1.165) is 27.3 Å². The Morgan fingerprint density at radius 1 is 1.03 bits per heavy atom. The highest BCUT2D eigenvalue weighted by Crippen LogP contribution is 2.25. The molecule has 6 heteroatoms. The molecule has 0 fully saturated rings. The quantitative estimate of drug-likeness (QED) is 0.258. The first kappa shape index (κ1) is 20.9. The van der Waals surface area contributed by atoms with Crippen molar-refractivity contribution in [3.8, 4) is 0 Å². The highest BCUT2D eigenvalue weighted by atomic mass is 32.2. The molecule has 156 valence electrons. The number of carbonyl (C=O) groups excluding carboxylic acids is 1. The minimum Gasteiger partial charge on any atom is -0.314 e. The van der Waals surface area contributed by atoms with Gasteiger partial charge in [0.25, 0.3) is 5.91 Å². The zero-order valence-corrected chi connectivity index (χ0v) is 18.4. The zero-order valence-electron chi connectivity index (χ0n) is 17.6. The van der Waals surface area contributed by atoms with E-state index < -0.39 is 0 Å². The number of hydrazone groups is 1. The van der Waals surface area contributed by atoms with Crippen LogP contribution < -0.4 is 5.43 Å². The number of amides is 1. The Labute approximate surface area is 186 Å². The van der Waals surface area contributed by atoms with Crippen LogP contribution in [0.25, 0.3) is 11.0 Å². The fourth-order valence-corrected chi connectivity index (χ4v) is 4.07. The normalized spacial score (nSPS) is 11.3. The predicted octanol–water partition coefficient (Wildman–Crippen LogP) is 4.94. The van der Waals surface area contributed by atoms with Crippen molar-refractivity contribution in [2.75, 3.05) is 5.75 Å². The molecule has 4 aromatic rings. The van der Waals surface area contributed by atoms with Gasteiger partial charge in [-0.2, -0.15) is 5.10 Å². The maximum atomic E-state index is 12.3. The first-order chi connectivity index (χ1) is 15.1. The Kier molecular flexibility index (Phi) is 6.48. The minimum atomic E-state index is -0.163. The van der Waals surface area contributed by atoms with Crippen LogP contribution in [0.5, 0.6) is 0 Å². The summed E-state index contributed by atoms with van der Waals surface area (Å²) < 4.78 is 2.16. The molecule has 1 aromatic heterocycles. The smallest absolute Gasteiger partial charge is 0.250 e. The van der Waals surface area contributed by atoms with Gasteiger partial charge in [-0.15, -0.1) is 0 Å². The van der Waals surface area contributed by atoms with E-state index in [1.165, 1.54) is 22.9 Å². The van der Waals surface area contributed by atoms with Crippen molar-refractivity contribution in [2.24, 2.45) is 5.10 Å². The number of nitrogens with zero attached hydrogens (tertiary/aromatic N) is 3. The van der Waals surface area contributed by atoms with Crippen molar-refractivity contribution < 1.29 is 4.79 Å². The number of para-hydroxylation sites is 2. The molecule has 1 N–H and O–H groups in total. The number of aryl methyl sites for hydroxylation is 2. The number of benzene rings is 3. The van der Waals surface area contributed by atoms with E-state index in [9.17, 15) is 4.79 Å². The van der Waals surface area contributed by atoms with Gasteiger partial charge in [0.15, 0.2) is 5.16 Å². The third-order valence-corrected chi connectivity index (χ3v) is 5.97. The van der Waals surface area contributed by atoms with Crippen LogP contribution in [0.1, 0.15) is 22.3 Å². The van der Waals surface area contributed by atoms with E-state index in [1.807, 2.05) is 49.4 Å². The summed E-state index contributed by atoms with van der Waals surface area (Å²) in [6.07, 6.45) is 1.67. The van der Waals surface area contributed by atoms with Gasteiger partial charge in [-0.05, 0) is 42.7 Å². The van der Waals surface area contributed by atoms with Crippen LogP contribution in [0, 0.1) is 13.8 Å². The second-order valence-corrected chi connectivity index (χ2v) is 8.34. The second kappa shape index (κ2) is 9.62. The SMILES string of the molecule is Cc1ccc(Cn2c(SCC(=O)NN=Cc3ccccc3C)nc3ccccc32)cc1. The number of nitrogens with one attached hydrogen (secondary N) is 1. The van der Waals surface area contributed by atoms with Crippen LogP contribution >= 0.6 is 11.8 Å². The number of rotatable bonds is 7. The maximum Gasteiger partial charge on any atom is 0.250 e. The van der Waals surface area contributed by atoms with Crippen LogP contribution in [0.4, 0.5) is 0 Å². The lowest BCUT2D eigenvalue weighted by Crippen LogP contribution is -2.20. The molecule has 4 rings (SSSR count). The number of aromatic nitrogens is 2. The molecule has 0 unspecified atom stereocenters. The van der Waals surface area contributed by atoms with Gasteiger partial charge in [0, 0.05) is 0 Å². The predicted molar refractivity (Wildman–Crippen MR) is 128 cm³/mol. The number of carbonyl (C=O) groups is 1. The Hall–Kier alpha value is -3.38. The molecule has 5 nitrogen and oxygen atoms in total. The Bertz CT molecular complexity index is 1230. The fourth-order valence-electron chi connectivity index (χ4n) is 3.26. The number of hydrogen-bond donors (Lipinski definition) is 1. The average Bonchev–Trinajstić information content (AvgIpc) is 3.12. The van der Waals surface area contributed by atoms with Gasteiger partial charge >= 0.3 is 0 Å².